The van der Waals surface area contributed by atoms with Gasteiger partial charge in [0.25, 0.3) is 0 Å². The number of nitrogens with one attached hydrogen (secondary N) is 1. The maximum Gasteiger partial charge on any atom is 0.224 e. The molecule has 4 heteroatoms. The number of aliphatic hydroxyl groups is 1. The second kappa shape index (κ2) is 6.48. The first-order chi connectivity index (χ1) is 10.2. The molecule has 1 heterocycles. The molecule has 1 aliphatic carbocycles. The third-order valence-electron chi connectivity index (χ3n) is 4.49. The molecule has 3 rings (SSSR count). The molecule has 1 amide bonds. The lowest BCUT2D eigenvalue weighted by atomic mass is 10.0. The van der Waals surface area contributed by atoms with Gasteiger partial charge in [-0.1, -0.05) is 25.7 Å². The predicted molar refractivity (Wildman–Crippen MR) is 81.5 cm³/mol. The van der Waals surface area contributed by atoms with E-state index in [4.69, 9.17) is 4.74 Å². The highest BCUT2D eigenvalue weighted by molar-refractivity contribution is 5.93. The summed E-state index contributed by atoms with van der Waals surface area (Å²) in [5.74, 6) is 1.51. The van der Waals surface area contributed by atoms with Crippen LogP contribution in [0.15, 0.2) is 18.2 Å². The summed E-state index contributed by atoms with van der Waals surface area (Å²) in [5, 5.41) is 12.9. The average Bonchev–Trinajstić information content (AvgIpc) is 2.98. The molecular weight excluding hydrogens is 266 g/mol. The Labute approximate surface area is 125 Å². The number of aliphatic hydroxyl groups excluding tert-OH is 1. The van der Waals surface area contributed by atoms with Crippen molar-refractivity contribution in [3.63, 3.8) is 0 Å². The molecular formula is C17H23NO3. The zero-order valence-corrected chi connectivity index (χ0v) is 12.3. The van der Waals surface area contributed by atoms with Crippen LogP contribution in [0.2, 0.25) is 0 Å². The van der Waals surface area contributed by atoms with Gasteiger partial charge in [-0.2, -0.15) is 0 Å². The largest absolute Gasteiger partial charge is 0.491 e. The van der Waals surface area contributed by atoms with Gasteiger partial charge in [0.05, 0.1) is 6.10 Å². The van der Waals surface area contributed by atoms with Crippen LogP contribution in [0.25, 0.3) is 0 Å². The topological polar surface area (TPSA) is 58.6 Å². The molecule has 2 N–H and O–H groups in total. The number of hydrogen-bond donors (Lipinski definition) is 2. The summed E-state index contributed by atoms with van der Waals surface area (Å²) in [6.07, 6.45) is 6.84. The SMILES string of the molecule is O=C1CCc2cc(OCC(O)CC3CCCC3)ccc2N1. The van der Waals surface area contributed by atoms with Crippen molar-refractivity contribution in [2.45, 2.75) is 51.0 Å². The van der Waals surface area contributed by atoms with Crippen molar-refractivity contribution in [2.75, 3.05) is 11.9 Å². The molecule has 114 valence electrons. The Balaban J connectivity index is 1.52. The van der Waals surface area contributed by atoms with Gasteiger partial charge in [-0.3, -0.25) is 4.79 Å². The van der Waals surface area contributed by atoms with Crippen molar-refractivity contribution in [1.82, 2.24) is 0 Å². The lowest BCUT2D eigenvalue weighted by Crippen LogP contribution is -2.21. The van der Waals surface area contributed by atoms with Crippen LogP contribution in [0.4, 0.5) is 5.69 Å². The van der Waals surface area contributed by atoms with Crippen molar-refractivity contribution in [1.29, 1.82) is 0 Å². The van der Waals surface area contributed by atoms with E-state index in [-0.39, 0.29) is 12.0 Å². The Morgan fingerprint density at radius 1 is 1.29 bits per heavy atom. The normalized spacial score (nSPS) is 20.0. The first kappa shape index (κ1) is 14.4. The maximum absolute atomic E-state index is 11.3. The molecule has 21 heavy (non-hydrogen) atoms. The molecule has 1 aliphatic heterocycles. The number of carbonyl (C=O) groups excluding carboxylic acids is 1. The molecule has 1 aromatic rings. The molecule has 0 saturated heterocycles. The second-order valence-electron chi connectivity index (χ2n) is 6.22. The van der Waals surface area contributed by atoms with Crippen molar-refractivity contribution in [3.05, 3.63) is 23.8 Å². The van der Waals surface area contributed by atoms with Gasteiger partial charge in [-0.25, -0.2) is 0 Å². The van der Waals surface area contributed by atoms with Gasteiger partial charge in [0, 0.05) is 12.1 Å². The zero-order chi connectivity index (χ0) is 14.7. The van der Waals surface area contributed by atoms with Crippen LogP contribution in [0.5, 0.6) is 5.75 Å². The highest BCUT2D eigenvalue weighted by Crippen LogP contribution is 2.29. The molecule has 0 radical (unpaired) electrons. The number of aryl methyl sites for hydroxylation is 1. The number of anilines is 1. The van der Waals surface area contributed by atoms with Crippen molar-refractivity contribution >= 4 is 11.6 Å². The number of ether oxygens (including phenoxy) is 1. The third-order valence-corrected chi connectivity index (χ3v) is 4.49. The van der Waals surface area contributed by atoms with Crippen molar-refractivity contribution in [2.24, 2.45) is 5.92 Å². The number of hydrogen-bond acceptors (Lipinski definition) is 3. The van der Waals surface area contributed by atoms with Crippen LogP contribution < -0.4 is 10.1 Å². The summed E-state index contributed by atoms with van der Waals surface area (Å²) >= 11 is 0. The van der Waals surface area contributed by atoms with E-state index in [9.17, 15) is 9.90 Å². The van der Waals surface area contributed by atoms with E-state index >= 15 is 0 Å². The van der Waals surface area contributed by atoms with E-state index in [1.165, 1.54) is 25.7 Å². The summed E-state index contributed by atoms with van der Waals surface area (Å²) in [7, 11) is 0. The minimum absolute atomic E-state index is 0.0724. The average molecular weight is 289 g/mol. The van der Waals surface area contributed by atoms with E-state index in [0.29, 0.717) is 18.9 Å². The van der Waals surface area contributed by atoms with Gasteiger partial charge < -0.3 is 15.2 Å². The Bertz CT molecular complexity index is 509. The maximum atomic E-state index is 11.3. The molecule has 4 nitrogen and oxygen atoms in total. The summed E-state index contributed by atoms with van der Waals surface area (Å²) < 4.78 is 5.71. The second-order valence-corrected chi connectivity index (χ2v) is 6.22. The highest BCUT2D eigenvalue weighted by atomic mass is 16.5. The number of rotatable bonds is 5. The number of benzene rings is 1. The number of carbonyl (C=O) groups is 1. The molecule has 1 atom stereocenters. The van der Waals surface area contributed by atoms with Gasteiger partial charge in [-0.05, 0) is 42.5 Å². The van der Waals surface area contributed by atoms with Gasteiger partial charge >= 0.3 is 0 Å². The van der Waals surface area contributed by atoms with Crippen LogP contribution in [0, 0.1) is 5.92 Å². The third kappa shape index (κ3) is 3.76. The van der Waals surface area contributed by atoms with Crippen LogP contribution in [-0.4, -0.2) is 23.7 Å². The van der Waals surface area contributed by atoms with E-state index in [1.54, 1.807) is 0 Å². The molecule has 1 saturated carbocycles. The Morgan fingerprint density at radius 2 is 2.10 bits per heavy atom. The fourth-order valence-electron chi connectivity index (χ4n) is 3.34. The fraction of sp³-hybridized carbons (Fsp3) is 0.588. The molecule has 1 fully saturated rings. The fourth-order valence-corrected chi connectivity index (χ4v) is 3.34. The molecule has 0 spiro atoms. The van der Waals surface area contributed by atoms with Gasteiger partial charge in [0.15, 0.2) is 0 Å². The lowest BCUT2D eigenvalue weighted by Gasteiger charge is -2.19. The van der Waals surface area contributed by atoms with E-state index in [1.807, 2.05) is 18.2 Å². The Morgan fingerprint density at radius 3 is 2.90 bits per heavy atom. The molecule has 1 unspecified atom stereocenters. The quantitative estimate of drug-likeness (QED) is 0.876. The van der Waals surface area contributed by atoms with Gasteiger partial charge in [-0.15, -0.1) is 0 Å². The first-order valence-corrected chi connectivity index (χ1v) is 7.94. The zero-order valence-electron chi connectivity index (χ0n) is 12.3. The minimum atomic E-state index is -0.385. The van der Waals surface area contributed by atoms with Crippen LogP contribution in [-0.2, 0) is 11.2 Å². The minimum Gasteiger partial charge on any atom is -0.491 e. The van der Waals surface area contributed by atoms with E-state index in [2.05, 4.69) is 5.32 Å². The van der Waals surface area contributed by atoms with Crippen LogP contribution in [0.3, 0.4) is 0 Å². The number of fused-ring (bicyclic) bond motifs is 1. The highest BCUT2D eigenvalue weighted by Gasteiger charge is 2.19. The monoisotopic (exact) mass is 289 g/mol. The summed E-state index contributed by atoms with van der Waals surface area (Å²) in [6.45, 7) is 0.349. The lowest BCUT2D eigenvalue weighted by molar-refractivity contribution is -0.116. The summed E-state index contributed by atoms with van der Waals surface area (Å²) in [4.78, 5) is 11.3. The molecule has 2 aliphatic rings. The van der Waals surface area contributed by atoms with E-state index < -0.39 is 0 Å². The molecule has 0 aromatic heterocycles. The van der Waals surface area contributed by atoms with Crippen molar-refractivity contribution in [3.8, 4) is 5.75 Å². The van der Waals surface area contributed by atoms with Gasteiger partial charge in [0.2, 0.25) is 5.91 Å². The first-order valence-electron chi connectivity index (χ1n) is 7.94. The van der Waals surface area contributed by atoms with E-state index in [0.717, 1.165) is 29.8 Å². The van der Waals surface area contributed by atoms with Crippen LogP contribution >= 0.6 is 0 Å². The Hall–Kier alpha value is -1.55. The van der Waals surface area contributed by atoms with Crippen LogP contribution in [0.1, 0.15) is 44.1 Å². The van der Waals surface area contributed by atoms with Gasteiger partial charge in [0.1, 0.15) is 12.4 Å². The summed E-state index contributed by atoms with van der Waals surface area (Å²) in [5.41, 5.74) is 1.99. The smallest absolute Gasteiger partial charge is 0.224 e. The molecule has 0 bridgehead atoms. The Kier molecular flexibility index (Phi) is 4.44. The molecule has 1 aromatic carbocycles. The summed E-state index contributed by atoms with van der Waals surface area (Å²) in [6, 6.07) is 5.70. The van der Waals surface area contributed by atoms with Crippen molar-refractivity contribution < 1.29 is 14.6 Å². The standard InChI is InChI=1S/C17H23NO3/c19-14(9-12-3-1-2-4-12)11-21-15-6-7-16-13(10-15)5-8-17(20)18-16/h6-7,10,12,14,19H,1-5,8-9,11H2,(H,18,20). The number of amides is 1. The predicted octanol–water partition coefficient (Wildman–Crippen LogP) is 2.89.